The van der Waals surface area contributed by atoms with Gasteiger partial charge in [0.15, 0.2) is 0 Å². The summed E-state index contributed by atoms with van der Waals surface area (Å²) in [6, 6.07) is 8.45. The first-order chi connectivity index (χ1) is 9.70. The van der Waals surface area contributed by atoms with E-state index < -0.39 is 0 Å². The Hall–Kier alpha value is -1.39. The molecule has 20 heavy (non-hydrogen) atoms. The number of carbonyl (C=O) groups is 1. The number of ether oxygens (including phenoxy) is 2. The van der Waals surface area contributed by atoms with Crippen molar-refractivity contribution in [1.82, 2.24) is 5.32 Å². The molecule has 2 rings (SSSR count). The third kappa shape index (κ3) is 4.05. The van der Waals surface area contributed by atoms with Crippen LogP contribution >= 0.6 is 0 Å². The molecule has 4 heteroatoms. The number of amides is 1. The molecule has 1 heterocycles. The molecule has 0 spiro atoms. The van der Waals surface area contributed by atoms with Crippen LogP contribution in [0.25, 0.3) is 0 Å². The number of hydrogen-bond acceptors (Lipinski definition) is 3. The SMILES string of the molecule is COCC(=O)NCC1CCCOC1c1ccc(C)cc1. The molecule has 0 saturated carbocycles. The van der Waals surface area contributed by atoms with Gasteiger partial charge >= 0.3 is 0 Å². The molecule has 1 aliphatic rings. The van der Waals surface area contributed by atoms with Crippen molar-refractivity contribution in [3.63, 3.8) is 0 Å². The van der Waals surface area contributed by atoms with E-state index in [0.717, 1.165) is 19.4 Å². The van der Waals surface area contributed by atoms with Crippen molar-refractivity contribution in [3.05, 3.63) is 35.4 Å². The van der Waals surface area contributed by atoms with Gasteiger partial charge in [-0.25, -0.2) is 0 Å². The highest BCUT2D eigenvalue weighted by atomic mass is 16.5. The van der Waals surface area contributed by atoms with Gasteiger partial charge in [-0.3, -0.25) is 4.79 Å². The summed E-state index contributed by atoms with van der Waals surface area (Å²) in [5.74, 6) is 0.257. The quantitative estimate of drug-likeness (QED) is 0.897. The summed E-state index contributed by atoms with van der Waals surface area (Å²) in [5.41, 5.74) is 2.44. The van der Waals surface area contributed by atoms with Gasteiger partial charge in [0.25, 0.3) is 0 Å². The molecule has 1 aliphatic heterocycles. The minimum Gasteiger partial charge on any atom is -0.375 e. The van der Waals surface area contributed by atoms with Gasteiger partial charge in [-0.15, -0.1) is 0 Å². The molecule has 0 radical (unpaired) electrons. The first-order valence-electron chi connectivity index (χ1n) is 7.14. The first-order valence-corrected chi connectivity index (χ1v) is 7.14. The molecule has 1 aromatic rings. The van der Waals surface area contributed by atoms with Crippen LogP contribution in [-0.2, 0) is 14.3 Å². The second-order valence-electron chi connectivity index (χ2n) is 5.34. The predicted molar refractivity (Wildman–Crippen MR) is 77.5 cm³/mol. The normalized spacial score (nSPS) is 22.5. The number of hydrogen-bond donors (Lipinski definition) is 1. The van der Waals surface area contributed by atoms with E-state index in [1.54, 1.807) is 0 Å². The lowest BCUT2D eigenvalue weighted by atomic mass is 9.89. The van der Waals surface area contributed by atoms with E-state index in [1.807, 2.05) is 0 Å². The second kappa shape index (κ2) is 7.41. The summed E-state index contributed by atoms with van der Waals surface area (Å²) in [4.78, 5) is 11.5. The Bertz CT molecular complexity index is 430. The number of aryl methyl sites for hydroxylation is 1. The second-order valence-corrected chi connectivity index (χ2v) is 5.34. The van der Waals surface area contributed by atoms with E-state index >= 15 is 0 Å². The molecule has 0 bridgehead atoms. The zero-order valence-electron chi connectivity index (χ0n) is 12.2. The Morgan fingerprint density at radius 3 is 2.85 bits per heavy atom. The van der Waals surface area contributed by atoms with Crippen LogP contribution in [-0.4, -0.2) is 32.8 Å². The zero-order valence-corrected chi connectivity index (χ0v) is 12.2. The lowest BCUT2D eigenvalue weighted by Gasteiger charge is -2.32. The molecule has 2 unspecified atom stereocenters. The summed E-state index contributed by atoms with van der Waals surface area (Å²) in [5, 5.41) is 2.92. The van der Waals surface area contributed by atoms with Gasteiger partial charge in [-0.2, -0.15) is 0 Å². The topological polar surface area (TPSA) is 47.6 Å². The number of methoxy groups -OCH3 is 1. The third-order valence-corrected chi connectivity index (χ3v) is 3.69. The Morgan fingerprint density at radius 2 is 2.15 bits per heavy atom. The van der Waals surface area contributed by atoms with Gasteiger partial charge < -0.3 is 14.8 Å². The van der Waals surface area contributed by atoms with Crippen LogP contribution in [0, 0.1) is 12.8 Å². The van der Waals surface area contributed by atoms with E-state index in [-0.39, 0.29) is 18.6 Å². The Labute approximate surface area is 120 Å². The monoisotopic (exact) mass is 277 g/mol. The van der Waals surface area contributed by atoms with Gasteiger partial charge in [-0.1, -0.05) is 29.8 Å². The molecule has 2 atom stereocenters. The van der Waals surface area contributed by atoms with Crippen molar-refractivity contribution in [2.24, 2.45) is 5.92 Å². The fraction of sp³-hybridized carbons (Fsp3) is 0.562. The molecule has 0 aliphatic carbocycles. The zero-order chi connectivity index (χ0) is 14.4. The molecule has 4 nitrogen and oxygen atoms in total. The van der Waals surface area contributed by atoms with Crippen molar-refractivity contribution in [3.8, 4) is 0 Å². The van der Waals surface area contributed by atoms with Crippen LogP contribution in [0.2, 0.25) is 0 Å². The lowest BCUT2D eigenvalue weighted by molar-refractivity contribution is -0.125. The van der Waals surface area contributed by atoms with E-state index in [2.05, 4.69) is 36.5 Å². The summed E-state index contributed by atoms with van der Waals surface area (Å²) in [6.45, 7) is 3.62. The van der Waals surface area contributed by atoms with Gasteiger partial charge in [0.05, 0.1) is 6.10 Å². The van der Waals surface area contributed by atoms with Crippen LogP contribution < -0.4 is 5.32 Å². The standard InChI is InChI=1S/C16H23NO3/c1-12-5-7-13(8-6-12)16-14(4-3-9-20-16)10-17-15(18)11-19-2/h5-8,14,16H,3-4,9-11H2,1-2H3,(H,17,18). The molecule has 0 aromatic heterocycles. The molecular formula is C16H23NO3. The minimum absolute atomic E-state index is 0.0688. The van der Waals surface area contributed by atoms with Gasteiger partial charge in [0, 0.05) is 26.2 Å². The summed E-state index contributed by atoms with van der Waals surface area (Å²) in [7, 11) is 1.53. The number of benzene rings is 1. The Morgan fingerprint density at radius 1 is 1.40 bits per heavy atom. The number of nitrogens with one attached hydrogen (secondary N) is 1. The average Bonchev–Trinajstić information content (AvgIpc) is 2.47. The van der Waals surface area contributed by atoms with Gasteiger partial charge in [-0.05, 0) is 25.3 Å². The van der Waals surface area contributed by atoms with E-state index in [4.69, 9.17) is 9.47 Å². The van der Waals surface area contributed by atoms with Crippen molar-refractivity contribution < 1.29 is 14.3 Å². The smallest absolute Gasteiger partial charge is 0.245 e. The maximum absolute atomic E-state index is 11.5. The highest BCUT2D eigenvalue weighted by Crippen LogP contribution is 2.33. The van der Waals surface area contributed by atoms with Gasteiger partial charge in [0.2, 0.25) is 5.91 Å². The molecule has 1 aromatic carbocycles. The van der Waals surface area contributed by atoms with Crippen molar-refractivity contribution in [2.45, 2.75) is 25.9 Å². The maximum Gasteiger partial charge on any atom is 0.245 e. The van der Waals surface area contributed by atoms with E-state index in [0.29, 0.717) is 12.5 Å². The minimum atomic E-state index is -0.0688. The highest BCUT2D eigenvalue weighted by Gasteiger charge is 2.27. The number of rotatable bonds is 5. The third-order valence-electron chi connectivity index (χ3n) is 3.69. The molecule has 1 saturated heterocycles. The Kier molecular flexibility index (Phi) is 5.56. The van der Waals surface area contributed by atoms with Crippen LogP contribution in [0.4, 0.5) is 0 Å². The van der Waals surface area contributed by atoms with Crippen molar-refractivity contribution >= 4 is 5.91 Å². The van der Waals surface area contributed by atoms with Crippen LogP contribution in [0.1, 0.15) is 30.1 Å². The van der Waals surface area contributed by atoms with Crippen molar-refractivity contribution in [1.29, 1.82) is 0 Å². The van der Waals surface area contributed by atoms with E-state index in [9.17, 15) is 4.79 Å². The Balaban J connectivity index is 1.98. The summed E-state index contributed by atoms with van der Waals surface area (Å²) < 4.78 is 10.8. The van der Waals surface area contributed by atoms with E-state index in [1.165, 1.54) is 18.2 Å². The fourth-order valence-corrected chi connectivity index (χ4v) is 2.60. The molecule has 1 fully saturated rings. The first kappa shape index (κ1) is 15.0. The summed E-state index contributed by atoms with van der Waals surface area (Å²) in [6.07, 6.45) is 2.20. The fourth-order valence-electron chi connectivity index (χ4n) is 2.60. The predicted octanol–water partition coefficient (Wildman–Crippen LogP) is 2.23. The van der Waals surface area contributed by atoms with Crippen LogP contribution in [0.5, 0.6) is 0 Å². The van der Waals surface area contributed by atoms with Crippen molar-refractivity contribution in [2.75, 3.05) is 26.9 Å². The maximum atomic E-state index is 11.5. The largest absolute Gasteiger partial charge is 0.375 e. The van der Waals surface area contributed by atoms with Gasteiger partial charge in [0.1, 0.15) is 6.61 Å². The highest BCUT2D eigenvalue weighted by molar-refractivity contribution is 5.77. The van der Waals surface area contributed by atoms with Crippen LogP contribution in [0.3, 0.4) is 0 Å². The molecule has 1 amide bonds. The lowest BCUT2D eigenvalue weighted by Crippen LogP contribution is -2.36. The molecular weight excluding hydrogens is 254 g/mol. The van der Waals surface area contributed by atoms with Crippen LogP contribution in [0.15, 0.2) is 24.3 Å². The average molecular weight is 277 g/mol. The molecule has 110 valence electrons. The number of carbonyl (C=O) groups excluding carboxylic acids is 1. The summed E-state index contributed by atoms with van der Waals surface area (Å²) >= 11 is 0. The molecule has 1 N–H and O–H groups in total.